The van der Waals surface area contributed by atoms with E-state index in [4.69, 9.17) is 9.47 Å². The van der Waals surface area contributed by atoms with Crippen molar-refractivity contribution >= 4 is 18.0 Å². The highest BCUT2D eigenvalue weighted by Gasteiger charge is 2.30. The van der Waals surface area contributed by atoms with Gasteiger partial charge in [-0.3, -0.25) is 0 Å². The summed E-state index contributed by atoms with van der Waals surface area (Å²) in [6.45, 7) is 9.31. The van der Waals surface area contributed by atoms with Crippen LogP contribution in [0.3, 0.4) is 0 Å². The predicted molar refractivity (Wildman–Crippen MR) is 112 cm³/mol. The summed E-state index contributed by atoms with van der Waals surface area (Å²) in [5, 5.41) is 3.15. The zero-order valence-corrected chi connectivity index (χ0v) is 17.6. The van der Waals surface area contributed by atoms with Crippen LogP contribution in [-0.4, -0.2) is 48.6 Å². The first-order valence-corrected chi connectivity index (χ1v) is 10.1. The summed E-state index contributed by atoms with van der Waals surface area (Å²) < 4.78 is 11.5. The number of benzene rings is 1. The van der Waals surface area contributed by atoms with E-state index in [2.05, 4.69) is 5.32 Å². The quantitative estimate of drug-likeness (QED) is 0.765. The van der Waals surface area contributed by atoms with Crippen molar-refractivity contribution < 1.29 is 19.1 Å². The van der Waals surface area contributed by atoms with Crippen molar-refractivity contribution in [2.24, 2.45) is 5.92 Å². The fraction of sp³-hybridized carbons (Fsp3) is 0.478. The maximum atomic E-state index is 12.2. The van der Waals surface area contributed by atoms with Crippen LogP contribution in [-0.2, 0) is 14.3 Å². The first kappa shape index (κ1) is 21.0. The molecular formula is C23H30N2O4. The molecular weight excluding hydrogens is 368 g/mol. The Kier molecular flexibility index (Phi) is 6.30. The average molecular weight is 399 g/mol. The minimum Gasteiger partial charge on any atom is -0.479 e. The second kappa shape index (κ2) is 8.72. The van der Waals surface area contributed by atoms with E-state index in [1.54, 1.807) is 4.90 Å². The van der Waals surface area contributed by atoms with E-state index in [-0.39, 0.29) is 12.0 Å². The summed E-state index contributed by atoms with van der Waals surface area (Å²) in [5.74, 6) is 0.814. The van der Waals surface area contributed by atoms with Crippen LogP contribution in [0, 0.1) is 5.92 Å². The lowest BCUT2D eigenvalue weighted by Crippen LogP contribution is -2.36. The largest absolute Gasteiger partial charge is 0.479 e. The molecule has 1 aromatic carbocycles. The highest BCUT2D eigenvalue weighted by molar-refractivity contribution is 5.83. The molecule has 2 aliphatic rings. The highest BCUT2D eigenvalue weighted by atomic mass is 16.6. The second-order valence-electron chi connectivity index (χ2n) is 8.62. The number of ether oxygens (including phenoxy) is 2. The van der Waals surface area contributed by atoms with Gasteiger partial charge in [0.1, 0.15) is 17.9 Å². The number of dihydropyridines is 1. The molecule has 6 heteroatoms. The van der Waals surface area contributed by atoms with Crippen molar-refractivity contribution in [2.45, 2.75) is 45.8 Å². The number of hydrogen-bond acceptors (Lipinski definition) is 5. The number of aldehydes is 1. The number of carbonyl (C=O) groups is 2. The third-order valence-electron chi connectivity index (χ3n) is 5.10. The van der Waals surface area contributed by atoms with Gasteiger partial charge in [-0.15, -0.1) is 0 Å². The zero-order valence-electron chi connectivity index (χ0n) is 17.6. The van der Waals surface area contributed by atoms with Crippen LogP contribution in [0.1, 0.15) is 39.7 Å². The van der Waals surface area contributed by atoms with Gasteiger partial charge >= 0.3 is 6.09 Å². The molecule has 0 radical (unpaired) electrons. The van der Waals surface area contributed by atoms with Crippen molar-refractivity contribution in [3.63, 3.8) is 0 Å². The third-order valence-corrected chi connectivity index (χ3v) is 5.10. The number of allylic oxidation sites excluding steroid dienone is 2. The molecule has 2 heterocycles. The lowest BCUT2D eigenvalue weighted by atomic mass is 9.94. The van der Waals surface area contributed by atoms with Crippen LogP contribution in [0.15, 0.2) is 47.9 Å². The van der Waals surface area contributed by atoms with Gasteiger partial charge in [-0.1, -0.05) is 30.3 Å². The number of hydrogen-bond donors (Lipinski definition) is 1. The maximum absolute atomic E-state index is 12.2. The molecule has 0 aliphatic carbocycles. The van der Waals surface area contributed by atoms with Crippen LogP contribution in [0.25, 0.3) is 5.57 Å². The summed E-state index contributed by atoms with van der Waals surface area (Å²) in [6, 6.07) is 9.56. The van der Waals surface area contributed by atoms with Gasteiger partial charge in [0.05, 0.1) is 6.61 Å². The van der Waals surface area contributed by atoms with E-state index >= 15 is 0 Å². The lowest BCUT2D eigenvalue weighted by molar-refractivity contribution is -0.109. The van der Waals surface area contributed by atoms with Gasteiger partial charge in [0.25, 0.3) is 0 Å². The first-order chi connectivity index (χ1) is 13.8. The lowest BCUT2D eigenvalue weighted by Gasteiger charge is -2.26. The molecule has 0 spiro atoms. The van der Waals surface area contributed by atoms with Crippen molar-refractivity contribution in [3.8, 4) is 0 Å². The topological polar surface area (TPSA) is 67.9 Å². The fourth-order valence-corrected chi connectivity index (χ4v) is 3.53. The molecule has 1 saturated heterocycles. The van der Waals surface area contributed by atoms with E-state index in [0.717, 1.165) is 29.4 Å². The molecule has 0 bridgehead atoms. The molecule has 2 atom stereocenters. The van der Waals surface area contributed by atoms with Gasteiger partial charge < -0.3 is 24.5 Å². The normalized spacial score (nSPS) is 22.1. The molecule has 3 rings (SSSR count). The smallest absolute Gasteiger partial charge is 0.410 e. The SMILES string of the molecule is CC1=C(c2ccccc2)C=C(OC[C@H]2CCN(C(=O)OC(C)(C)C)C2)N[C@@H]1C=O. The summed E-state index contributed by atoms with van der Waals surface area (Å²) >= 11 is 0. The van der Waals surface area contributed by atoms with Crippen molar-refractivity contribution in [1.82, 2.24) is 10.2 Å². The Bertz CT molecular complexity index is 808. The molecule has 1 amide bonds. The van der Waals surface area contributed by atoms with Gasteiger partial charge in [-0.25, -0.2) is 4.79 Å². The summed E-state index contributed by atoms with van der Waals surface area (Å²) in [4.78, 5) is 25.5. The van der Waals surface area contributed by atoms with Crippen LogP contribution in [0.5, 0.6) is 0 Å². The summed E-state index contributed by atoms with van der Waals surface area (Å²) in [5.41, 5.74) is 2.52. The van der Waals surface area contributed by atoms with Crippen LogP contribution < -0.4 is 5.32 Å². The van der Waals surface area contributed by atoms with Crippen molar-refractivity contribution in [3.05, 3.63) is 53.4 Å². The molecule has 156 valence electrons. The van der Waals surface area contributed by atoms with E-state index < -0.39 is 11.6 Å². The van der Waals surface area contributed by atoms with Gasteiger partial charge in [-0.05, 0) is 50.8 Å². The number of rotatable bonds is 5. The number of amides is 1. The molecule has 1 aromatic rings. The van der Waals surface area contributed by atoms with Crippen molar-refractivity contribution in [1.29, 1.82) is 0 Å². The van der Waals surface area contributed by atoms with Gasteiger partial charge in [0.2, 0.25) is 0 Å². The van der Waals surface area contributed by atoms with Gasteiger partial charge in [-0.2, -0.15) is 0 Å². The van der Waals surface area contributed by atoms with Gasteiger partial charge in [0.15, 0.2) is 5.88 Å². The van der Waals surface area contributed by atoms with Crippen LogP contribution >= 0.6 is 0 Å². The number of nitrogens with zero attached hydrogens (tertiary/aromatic N) is 1. The second-order valence-corrected chi connectivity index (χ2v) is 8.62. The van der Waals surface area contributed by atoms with Gasteiger partial charge in [0, 0.05) is 25.1 Å². The summed E-state index contributed by atoms with van der Waals surface area (Å²) in [6.07, 6.45) is 3.44. The van der Waals surface area contributed by atoms with Crippen LogP contribution in [0.2, 0.25) is 0 Å². The monoisotopic (exact) mass is 398 g/mol. The average Bonchev–Trinajstić information content (AvgIpc) is 3.16. The Balaban J connectivity index is 1.62. The number of nitrogens with one attached hydrogen (secondary N) is 1. The summed E-state index contributed by atoms with van der Waals surface area (Å²) in [7, 11) is 0. The highest BCUT2D eigenvalue weighted by Crippen LogP contribution is 2.28. The Hall–Kier alpha value is -2.76. The molecule has 6 nitrogen and oxygen atoms in total. The molecule has 29 heavy (non-hydrogen) atoms. The Labute approximate surface area is 172 Å². The van der Waals surface area contributed by atoms with E-state index in [0.29, 0.717) is 25.6 Å². The number of carbonyl (C=O) groups excluding carboxylic acids is 2. The standard InChI is InChI=1S/C23H30N2O4/c1-16-19(18-8-6-5-7-9-18)12-21(24-20(16)14-26)28-15-17-10-11-25(13-17)22(27)29-23(2,3)4/h5-9,12,14,17,20,24H,10-11,13,15H2,1-4H3/t17-,20+/m0/s1. The predicted octanol–water partition coefficient (Wildman–Crippen LogP) is 3.75. The maximum Gasteiger partial charge on any atom is 0.410 e. The number of likely N-dealkylation sites (tertiary alicyclic amines) is 1. The van der Waals surface area contributed by atoms with Crippen molar-refractivity contribution in [2.75, 3.05) is 19.7 Å². The molecule has 0 saturated carbocycles. The Morgan fingerprint density at radius 2 is 2.00 bits per heavy atom. The Morgan fingerprint density at radius 1 is 1.28 bits per heavy atom. The molecule has 2 aliphatic heterocycles. The minimum atomic E-state index is -0.496. The third kappa shape index (κ3) is 5.40. The molecule has 1 fully saturated rings. The zero-order chi connectivity index (χ0) is 21.0. The molecule has 0 unspecified atom stereocenters. The molecule has 1 N–H and O–H groups in total. The fourth-order valence-electron chi connectivity index (χ4n) is 3.53. The van der Waals surface area contributed by atoms with E-state index in [1.165, 1.54) is 0 Å². The molecule has 0 aromatic heterocycles. The van der Waals surface area contributed by atoms with E-state index in [1.807, 2.05) is 64.1 Å². The first-order valence-electron chi connectivity index (χ1n) is 10.1. The van der Waals surface area contributed by atoms with Crippen LogP contribution in [0.4, 0.5) is 4.79 Å². The minimum absolute atomic E-state index is 0.229. The Morgan fingerprint density at radius 3 is 2.66 bits per heavy atom. The van der Waals surface area contributed by atoms with E-state index in [9.17, 15) is 9.59 Å².